The molecular formula is C25H33N3O2. The van der Waals surface area contributed by atoms with Crippen molar-refractivity contribution in [3.63, 3.8) is 0 Å². The second-order valence-corrected chi connectivity index (χ2v) is 8.81. The second-order valence-electron chi connectivity index (χ2n) is 8.81. The molecular weight excluding hydrogens is 374 g/mol. The van der Waals surface area contributed by atoms with Crippen molar-refractivity contribution < 1.29 is 9.47 Å². The number of nitrogens with two attached hydrogens (primary N) is 1. The first-order chi connectivity index (χ1) is 14.8. The second kappa shape index (κ2) is 8.96. The van der Waals surface area contributed by atoms with Gasteiger partial charge in [0.15, 0.2) is 0 Å². The largest absolute Gasteiger partial charge is 0.482 e. The third kappa shape index (κ3) is 4.07. The molecule has 5 heteroatoms. The van der Waals surface area contributed by atoms with Crippen LogP contribution in [-0.4, -0.2) is 56.4 Å². The molecule has 1 aliphatic carbocycles. The van der Waals surface area contributed by atoms with E-state index in [1.54, 1.807) is 0 Å². The molecule has 5 nitrogen and oxygen atoms in total. The summed E-state index contributed by atoms with van der Waals surface area (Å²) in [5.41, 5.74) is 10.3. The molecule has 0 aromatic heterocycles. The summed E-state index contributed by atoms with van der Waals surface area (Å²) in [5, 5.41) is 0. The molecule has 30 heavy (non-hydrogen) atoms. The van der Waals surface area contributed by atoms with Crippen LogP contribution in [-0.2, 0) is 11.2 Å². The topological polar surface area (TPSA) is 51.0 Å². The Balaban J connectivity index is 1.47. The summed E-state index contributed by atoms with van der Waals surface area (Å²) >= 11 is 0. The molecule has 0 amide bonds. The number of fused-ring (bicyclic) bond motifs is 1. The van der Waals surface area contributed by atoms with E-state index < -0.39 is 0 Å². The van der Waals surface area contributed by atoms with Crippen molar-refractivity contribution in [1.82, 2.24) is 4.90 Å². The molecule has 2 aliphatic heterocycles. The van der Waals surface area contributed by atoms with Crippen molar-refractivity contribution in [3.05, 3.63) is 59.7 Å². The smallest absolute Gasteiger partial charge is 0.143 e. The van der Waals surface area contributed by atoms with Crippen molar-refractivity contribution in [2.75, 3.05) is 44.3 Å². The summed E-state index contributed by atoms with van der Waals surface area (Å²) in [5.74, 6) is 0.979. The number of hydrogen-bond donors (Lipinski definition) is 1. The van der Waals surface area contributed by atoms with Crippen molar-refractivity contribution >= 4 is 5.69 Å². The van der Waals surface area contributed by atoms with Gasteiger partial charge in [-0.05, 0) is 55.5 Å². The fraction of sp³-hybridized carbons (Fsp3) is 0.520. The van der Waals surface area contributed by atoms with Crippen LogP contribution in [0, 0.1) is 0 Å². The van der Waals surface area contributed by atoms with Gasteiger partial charge in [-0.1, -0.05) is 36.4 Å². The highest BCUT2D eigenvalue weighted by Crippen LogP contribution is 2.40. The van der Waals surface area contributed by atoms with Crippen LogP contribution in [0.3, 0.4) is 0 Å². The molecule has 2 saturated heterocycles. The van der Waals surface area contributed by atoms with Crippen LogP contribution in [0.2, 0.25) is 0 Å². The Morgan fingerprint density at radius 1 is 0.933 bits per heavy atom. The van der Waals surface area contributed by atoms with Crippen LogP contribution in [0.4, 0.5) is 5.69 Å². The number of rotatable bonds is 4. The SMILES string of the molecule is N[C@H]1CCCN([C@H]2CCc3ccccc3[C@@H]2Oc2ccccc2N2CCOCC2)C1. The molecule has 0 spiro atoms. The van der Waals surface area contributed by atoms with Crippen LogP contribution in [0.1, 0.15) is 36.5 Å². The maximum atomic E-state index is 6.90. The minimum atomic E-state index is 0.0300. The predicted octanol–water partition coefficient (Wildman–Crippen LogP) is 3.38. The van der Waals surface area contributed by atoms with Gasteiger partial charge in [0.05, 0.1) is 24.9 Å². The first-order valence-electron chi connectivity index (χ1n) is 11.5. The van der Waals surface area contributed by atoms with Gasteiger partial charge in [0.1, 0.15) is 11.9 Å². The fourth-order valence-electron chi connectivity index (χ4n) is 5.32. The number of nitrogens with zero attached hydrogens (tertiary/aromatic N) is 2. The van der Waals surface area contributed by atoms with Crippen molar-refractivity contribution in [1.29, 1.82) is 0 Å². The van der Waals surface area contributed by atoms with Crippen molar-refractivity contribution in [2.24, 2.45) is 5.73 Å². The lowest BCUT2D eigenvalue weighted by molar-refractivity contribution is 0.0368. The first-order valence-corrected chi connectivity index (χ1v) is 11.5. The number of aryl methyl sites for hydroxylation is 1. The Hall–Kier alpha value is -2.08. The molecule has 2 fully saturated rings. The van der Waals surface area contributed by atoms with E-state index in [2.05, 4.69) is 58.3 Å². The van der Waals surface area contributed by atoms with Crippen molar-refractivity contribution in [3.8, 4) is 5.75 Å². The van der Waals surface area contributed by atoms with Gasteiger partial charge in [-0.15, -0.1) is 0 Å². The van der Waals surface area contributed by atoms with E-state index in [0.29, 0.717) is 6.04 Å². The third-order valence-electron chi connectivity index (χ3n) is 6.85. The van der Waals surface area contributed by atoms with Gasteiger partial charge in [-0.25, -0.2) is 0 Å². The highest BCUT2D eigenvalue weighted by Gasteiger charge is 2.37. The maximum absolute atomic E-state index is 6.90. The summed E-state index contributed by atoms with van der Waals surface area (Å²) in [7, 11) is 0. The van der Waals surface area contributed by atoms with E-state index in [0.717, 1.165) is 64.4 Å². The van der Waals surface area contributed by atoms with Gasteiger partial charge < -0.3 is 20.1 Å². The van der Waals surface area contributed by atoms with E-state index in [-0.39, 0.29) is 12.1 Å². The molecule has 2 N–H and O–H groups in total. The fourth-order valence-corrected chi connectivity index (χ4v) is 5.32. The zero-order valence-corrected chi connectivity index (χ0v) is 17.7. The third-order valence-corrected chi connectivity index (χ3v) is 6.85. The van der Waals surface area contributed by atoms with Gasteiger partial charge in [0.25, 0.3) is 0 Å². The molecule has 2 aromatic carbocycles. The Labute approximate surface area is 179 Å². The number of piperidine rings is 1. The predicted molar refractivity (Wildman–Crippen MR) is 120 cm³/mol. The van der Waals surface area contributed by atoms with E-state index in [9.17, 15) is 0 Å². The molecule has 5 rings (SSSR count). The highest BCUT2D eigenvalue weighted by atomic mass is 16.5. The van der Waals surface area contributed by atoms with E-state index in [4.69, 9.17) is 15.2 Å². The molecule has 160 valence electrons. The summed E-state index contributed by atoms with van der Waals surface area (Å²) in [6.07, 6.45) is 4.57. The van der Waals surface area contributed by atoms with Crippen LogP contribution < -0.4 is 15.4 Å². The van der Waals surface area contributed by atoms with Gasteiger partial charge in [-0.2, -0.15) is 0 Å². The molecule has 0 bridgehead atoms. The summed E-state index contributed by atoms with van der Waals surface area (Å²) in [6.45, 7) is 5.45. The molecule has 0 radical (unpaired) electrons. The Morgan fingerprint density at radius 3 is 2.60 bits per heavy atom. The molecule has 3 atom stereocenters. The number of ether oxygens (including phenoxy) is 2. The molecule has 2 aromatic rings. The van der Waals surface area contributed by atoms with Crippen LogP contribution in [0.25, 0.3) is 0 Å². The normalized spacial score (nSPS) is 27.5. The number of benzene rings is 2. The zero-order valence-electron chi connectivity index (χ0n) is 17.7. The minimum absolute atomic E-state index is 0.0300. The number of morpholine rings is 1. The Bertz CT molecular complexity index is 852. The standard InChI is InChI=1S/C25H33N3O2/c26-20-7-5-13-28(18-20)23-12-11-19-6-1-2-8-21(19)25(23)30-24-10-4-3-9-22(24)27-14-16-29-17-15-27/h1-4,6,8-10,20,23,25H,5,7,11-18,26H2/t20-,23-,25-/m0/s1. The number of para-hydroxylation sites is 2. The van der Waals surface area contributed by atoms with Crippen molar-refractivity contribution in [2.45, 2.75) is 43.9 Å². The molecule has 0 unspecified atom stereocenters. The molecule has 3 aliphatic rings. The Kier molecular flexibility index (Phi) is 5.93. The maximum Gasteiger partial charge on any atom is 0.143 e. The van der Waals surface area contributed by atoms with Gasteiger partial charge >= 0.3 is 0 Å². The number of hydrogen-bond acceptors (Lipinski definition) is 5. The molecule has 0 saturated carbocycles. The average molecular weight is 408 g/mol. The first kappa shape index (κ1) is 19.9. The molecule has 2 heterocycles. The lowest BCUT2D eigenvalue weighted by atomic mass is 9.84. The van der Waals surface area contributed by atoms with E-state index in [1.807, 2.05) is 0 Å². The summed E-state index contributed by atoms with van der Waals surface area (Å²) in [4.78, 5) is 4.98. The quantitative estimate of drug-likeness (QED) is 0.842. The number of anilines is 1. The summed E-state index contributed by atoms with van der Waals surface area (Å²) < 4.78 is 12.5. The zero-order chi connectivity index (χ0) is 20.3. The average Bonchev–Trinajstić information content (AvgIpc) is 2.80. The van der Waals surface area contributed by atoms with Gasteiger partial charge in [0, 0.05) is 25.7 Å². The highest BCUT2D eigenvalue weighted by molar-refractivity contribution is 5.59. The van der Waals surface area contributed by atoms with E-state index in [1.165, 1.54) is 23.2 Å². The Morgan fingerprint density at radius 2 is 1.73 bits per heavy atom. The lowest BCUT2D eigenvalue weighted by Crippen LogP contribution is -2.51. The minimum Gasteiger partial charge on any atom is -0.482 e. The van der Waals surface area contributed by atoms with Crippen LogP contribution in [0.5, 0.6) is 5.75 Å². The van der Waals surface area contributed by atoms with Gasteiger partial charge in [0.2, 0.25) is 0 Å². The van der Waals surface area contributed by atoms with Crippen LogP contribution in [0.15, 0.2) is 48.5 Å². The lowest BCUT2D eigenvalue weighted by Gasteiger charge is -2.44. The number of likely N-dealkylation sites (tertiary alicyclic amines) is 1. The summed E-state index contributed by atoms with van der Waals surface area (Å²) in [6, 6.07) is 17.9. The monoisotopic (exact) mass is 407 g/mol. The van der Waals surface area contributed by atoms with Gasteiger partial charge in [-0.3, -0.25) is 4.90 Å². The van der Waals surface area contributed by atoms with Crippen LogP contribution >= 0.6 is 0 Å². The van der Waals surface area contributed by atoms with E-state index >= 15 is 0 Å².